The molecule has 33 heavy (non-hydrogen) atoms. The zero-order chi connectivity index (χ0) is 23.3. The number of hydrogen-bond acceptors (Lipinski definition) is 5. The smallest absolute Gasteiger partial charge is 0.270 e. The first kappa shape index (κ1) is 21.3. The van der Waals surface area contributed by atoms with Crippen molar-refractivity contribution in [3.63, 3.8) is 0 Å². The molecule has 2 aliphatic rings. The van der Waals surface area contributed by atoms with Gasteiger partial charge in [-0.05, 0) is 24.8 Å². The highest BCUT2D eigenvalue weighted by atomic mass is 19.1. The zero-order valence-electron chi connectivity index (χ0n) is 17.3. The van der Waals surface area contributed by atoms with Crippen LogP contribution >= 0.6 is 0 Å². The number of aromatic hydroxyl groups is 1. The number of rotatable bonds is 5. The third kappa shape index (κ3) is 3.78. The molecule has 11 heteroatoms. The minimum Gasteiger partial charge on any atom is -0.492 e. The summed E-state index contributed by atoms with van der Waals surface area (Å²) in [4.78, 5) is 26.1. The molecule has 0 saturated heterocycles. The second-order valence-corrected chi connectivity index (χ2v) is 8.03. The van der Waals surface area contributed by atoms with Gasteiger partial charge >= 0.3 is 0 Å². The van der Waals surface area contributed by atoms with Gasteiger partial charge in [-0.2, -0.15) is 9.61 Å². The van der Waals surface area contributed by atoms with Gasteiger partial charge in [-0.3, -0.25) is 14.2 Å². The Kier molecular flexibility index (Phi) is 5.20. The summed E-state index contributed by atoms with van der Waals surface area (Å²) >= 11 is 0. The van der Waals surface area contributed by atoms with Crippen LogP contribution in [0.1, 0.15) is 40.7 Å². The first-order chi connectivity index (χ1) is 15.8. The quantitative estimate of drug-likeness (QED) is 0.609. The summed E-state index contributed by atoms with van der Waals surface area (Å²) in [7, 11) is 0. The highest BCUT2D eigenvalue weighted by Gasteiger charge is 2.31. The van der Waals surface area contributed by atoms with E-state index in [-0.39, 0.29) is 11.7 Å². The average molecular weight is 460 g/mol. The van der Waals surface area contributed by atoms with Crippen molar-refractivity contribution in [1.82, 2.24) is 19.5 Å². The lowest BCUT2D eigenvalue weighted by molar-refractivity contribution is 0.0945. The number of fused-ring (bicyclic) bond motifs is 1. The van der Waals surface area contributed by atoms with E-state index in [0.29, 0.717) is 37.3 Å². The fourth-order valence-corrected chi connectivity index (χ4v) is 3.90. The van der Waals surface area contributed by atoms with Gasteiger partial charge in [-0.25, -0.2) is 13.2 Å². The standard InChI is InChI=1S/C22H19F3N4O4/c23-12-7-16(24)15(17(25)8-12)10-28-20-14(11-3-5-33-6-4-11)9-26-29(20)22(32)18(21(28)31)19(30)27-13-1-2-13/h3,7-9,13,32H,1-2,4-6,10H2,(H,27,30). The van der Waals surface area contributed by atoms with Crippen LogP contribution < -0.4 is 10.9 Å². The van der Waals surface area contributed by atoms with Gasteiger partial charge in [0.25, 0.3) is 11.5 Å². The lowest BCUT2D eigenvalue weighted by Crippen LogP contribution is -2.36. The molecule has 1 amide bonds. The predicted molar refractivity (Wildman–Crippen MR) is 110 cm³/mol. The van der Waals surface area contributed by atoms with Crippen LogP contribution in [0.15, 0.2) is 29.2 Å². The molecule has 3 aromatic rings. The van der Waals surface area contributed by atoms with Gasteiger partial charge < -0.3 is 15.2 Å². The zero-order valence-corrected chi connectivity index (χ0v) is 17.3. The summed E-state index contributed by atoms with van der Waals surface area (Å²) in [6.07, 6.45) is 5.16. The highest BCUT2D eigenvalue weighted by molar-refractivity contribution is 5.97. The number of nitrogens with one attached hydrogen (secondary N) is 1. The first-order valence-corrected chi connectivity index (χ1v) is 10.4. The van der Waals surface area contributed by atoms with Gasteiger partial charge in [-0.1, -0.05) is 6.08 Å². The fraction of sp³-hybridized carbons (Fsp3) is 0.318. The van der Waals surface area contributed by atoms with Gasteiger partial charge in [0.15, 0.2) is 11.2 Å². The summed E-state index contributed by atoms with van der Waals surface area (Å²) in [6, 6.07) is 0.924. The minimum absolute atomic E-state index is 0.0525. The van der Waals surface area contributed by atoms with Crippen molar-refractivity contribution in [3.8, 4) is 5.88 Å². The van der Waals surface area contributed by atoms with Crippen LogP contribution in [0.2, 0.25) is 0 Å². The summed E-state index contributed by atoms with van der Waals surface area (Å²) in [5.74, 6) is -4.94. The van der Waals surface area contributed by atoms with Gasteiger partial charge in [0.05, 0.1) is 26.0 Å². The second kappa shape index (κ2) is 8.07. The molecule has 3 heterocycles. The van der Waals surface area contributed by atoms with Crippen molar-refractivity contribution >= 4 is 17.1 Å². The molecule has 5 rings (SSSR count). The van der Waals surface area contributed by atoms with Gasteiger partial charge in [0, 0.05) is 29.3 Å². The van der Waals surface area contributed by atoms with E-state index in [1.54, 1.807) is 6.08 Å². The maximum Gasteiger partial charge on any atom is 0.270 e. The molecule has 0 bridgehead atoms. The molecule has 1 saturated carbocycles. The number of hydrogen-bond donors (Lipinski definition) is 2. The van der Waals surface area contributed by atoms with Crippen molar-refractivity contribution < 1.29 is 27.8 Å². The number of benzene rings is 1. The summed E-state index contributed by atoms with van der Waals surface area (Å²) in [6.45, 7) is 0.0984. The number of carbonyl (C=O) groups is 1. The molecule has 8 nitrogen and oxygen atoms in total. The molecular weight excluding hydrogens is 441 g/mol. The molecule has 0 unspecified atom stereocenters. The summed E-state index contributed by atoms with van der Waals surface area (Å²) in [5.41, 5.74) is -0.838. The van der Waals surface area contributed by atoms with Gasteiger partial charge in [0.2, 0.25) is 5.88 Å². The predicted octanol–water partition coefficient (Wildman–Crippen LogP) is 2.36. The minimum atomic E-state index is -1.18. The van der Waals surface area contributed by atoms with Crippen LogP contribution in [0, 0.1) is 17.5 Å². The Bertz CT molecular complexity index is 1350. The maximum atomic E-state index is 14.5. The van der Waals surface area contributed by atoms with Crippen LogP contribution in [0.4, 0.5) is 13.2 Å². The average Bonchev–Trinajstić information content (AvgIpc) is 3.47. The van der Waals surface area contributed by atoms with Crippen LogP contribution in [0.3, 0.4) is 0 Å². The van der Waals surface area contributed by atoms with Crippen LogP contribution in [-0.2, 0) is 11.3 Å². The molecule has 172 valence electrons. The van der Waals surface area contributed by atoms with E-state index in [1.807, 2.05) is 0 Å². The van der Waals surface area contributed by atoms with Gasteiger partial charge in [0.1, 0.15) is 17.5 Å². The van der Waals surface area contributed by atoms with E-state index in [2.05, 4.69) is 10.4 Å². The number of carbonyl (C=O) groups excluding carboxylic acids is 1. The lowest BCUT2D eigenvalue weighted by atomic mass is 10.0. The van der Waals surface area contributed by atoms with E-state index in [9.17, 15) is 27.9 Å². The normalized spacial score (nSPS) is 16.2. The van der Waals surface area contributed by atoms with Crippen molar-refractivity contribution in [2.45, 2.75) is 31.8 Å². The molecule has 1 aliphatic heterocycles. The number of amides is 1. The molecule has 1 fully saturated rings. The molecule has 0 spiro atoms. The van der Waals surface area contributed by atoms with Crippen molar-refractivity contribution in [2.24, 2.45) is 0 Å². The fourth-order valence-electron chi connectivity index (χ4n) is 3.90. The Morgan fingerprint density at radius 1 is 1.24 bits per heavy atom. The third-order valence-electron chi connectivity index (χ3n) is 5.75. The van der Waals surface area contributed by atoms with E-state index >= 15 is 0 Å². The number of aromatic nitrogens is 3. The topological polar surface area (TPSA) is 97.9 Å². The van der Waals surface area contributed by atoms with E-state index in [1.165, 1.54) is 6.20 Å². The summed E-state index contributed by atoms with van der Waals surface area (Å²) < 4.78 is 49.6. The molecular formula is C22H19F3N4O4. The van der Waals surface area contributed by atoms with Crippen molar-refractivity contribution in [2.75, 3.05) is 13.2 Å². The van der Waals surface area contributed by atoms with Crippen LogP contribution in [-0.4, -0.2) is 44.5 Å². The van der Waals surface area contributed by atoms with Crippen molar-refractivity contribution in [1.29, 1.82) is 0 Å². The summed E-state index contributed by atoms with van der Waals surface area (Å²) in [5, 5.41) is 17.5. The van der Waals surface area contributed by atoms with E-state index in [0.717, 1.165) is 27.5 Å². The number of ether oxygens (including phenoxy) is 1. The molecule has 0 atom stereocenters. The van der Waals surface area contributed by atoms with E-state index in [4.69, 9.17) is 4.74 Å². The Morgan fingerprint density at radius 3 is 2.61 bits per heavy atom. The molecule has 2 aromatic heterocycles. The molecule has 2 N–H and O–H groups in total. The van der Waals surface area contributed by atoms with Crippen LogP contribution in [0.25, 0.3) is 11.2 Å². The van der Waals surface area contributed by atoms with E-state index < -0.39 is 52.5 Å². The number of nitrogens with zero attached hydrogens (tertiary/aromatic N) is 3. The maximum absolute atomic E-state index is 14.5. The third-order valence-corrected chi connectivity index (χ3v) is 5.75. The van der Waals surface area contributed by atoms with Crippen molar-refractivity contribution in [3.05, 3.63) is 68.9 Å². The largest absolute Gasteiger partial charge is 0.492 e. The SMILES string of the molecule is O=C(NC1CC1)c1c(O)n2ncc(C3=CCOCC3)c2n(Cc2c(F)cc(F)cc2F)c1=O. The number of halogens is 3. The Morgan fingerprint density at radius 2 is 1.97 bits per heavy atom. The lowest BCUT2D eigenvalue weighted by Gasteiger charge is -2.17. The molecule has 1 aliphatic carbocycles. The molecule has 1 aromatic carbocycles. The van der Waals surface area contributed by atoms with Crippen LogP contribution in [0.5, 0.6) is 5.88 Å². The Labute approximate surface area is 184 Å². The monoisotopic (exact) mass is 460 g/mol. The molecule has 0 radical (unpaired) electrons. The second-order valence-electron chi connectivity index (χ2n) is 8.03. The highest BCUT2D eigenvalue weighted by Crippen LogP contribution is 2.29. The first-order valence-electron chi connectivity index (χ1n) is 10.4. The van der Waals surface area contributed by atoms with Gasteiger partial charge in [-0.15, -0.1) is 0 Å². The Hall–Kier alpha value is -3.60. The Balaban J connectivity index is 1.75.